The van der Waals surface area contributed by atoms with Gasteiger partial charge in [-0.1, -0.05) is 22.0 Å². The van der Waals surface area contributed by atoms with Crippen LogP contribution in [0.1, 0.15) is 27.2 Å². The van der Waals surface area contributed by atoms with Crippen molar-refractivity contribution < 1.29 is 9.53 Å². The number of hydrogen-bond acceptors (Lipinski definition) is 2. The number of hydrogen-bond donors (Lipinski definition) is 0. The van der Waals surface area contributed by atoms with Gasteiger partial charge in [0.1, 0.15) is 0 Å². The van der Waals surface area contributed by atoms with E-state index in [1.54, 1.807) is 0 Å². The summed E-state index contributed by atoms with van der Waals surface area (Å²) in [6.07, 6.45) is 2.61. The number of methoxy groups -OCH3 is 1. The van der Waals surface area contributed by atoms with E-state index in [-0.39, 0.29) is 5.97 Å². The third-order valence-corrected chi connectivity index (χ3v) is 2.40. The molecule has 0 amide bonds. The highest BCUT2D eigenvalue weighted by atomic mass is 79.9. The van der Waals surface area contributed by atoms with E-state index in [9.17, 15) is 4.79 Å². The Morgan fingerprint density at radius 2 is 2.08 bits per heavy atom. The molecule has 0 atom stereocenters. The van der Waals surface area contributed by atoms with Crippen LogP contribution in [0.25, 0.3) is 0 Å². The average molecular weight is 235 g/mol. The summed E-state index contributed by atoms with van der Waals surface area (Å²) in [5, 5.41) is 0. The molecule has 70 valence electrons. The van der Waals surface area contributed by atoms with Crippen LogP contribution in [0.2, 0.25) is 0 Å². The van der Waals surface area contributed by atoms with E-state index in [0.717, 1.165) is 4.48 Å². The second-order valence-electron chi connectivity index (χ2n) is 3.29. The van der Waals surface area contributed by atoms with Gasteiger partial charge in [-0.2, -0.15) is 0 Å². The first kappa shape index (κ1) is 11.7. The Balaban J connectivity index is 4.32. The van der Waals surface area contributed by atoms with Crippen molar-refractivity contribution >= 4 is 21.9 Å². The molecule has 2 nitrogen and oxygen atoms in total. The lowest BCUT2D eigenvalue weighted by atomic mass is 9.89. The molecule has 0 aromatic rings. The monoisotopic (exact) mass is 234 g/mol. The fourth-order valence-electron chi connectivity index (χ4n) is 0.873. The molecule has 0 N–H and O–H groups in total. The van der Waals surface area contributed by atoms with Crippen molar-refractivity contribution in [3.63, 3.8) is 0 Å². The van der Waals surface area contributed by atoms with Gasteiger partial charge in [0.15, 0.2) is 0 Å². The number of allylic oxidation sites excluding steroid dienone is 2. The third kappa shape index (κ3) is 3.39. The average Bonchev–Trinajstić information content (AvgIpc) is 2.02. The number of rotatable bonds is 3. The van der Waals surface area contributed by atoms with Gasteiger partial charge < -0.3 is 4.74 Å². The van der Waals surface area contributed by atoms with Gasteiger partial charge in [0.2, 0.25) is 0 Å². The second-order valence-corrected chi connectivity index (χ2v) is 4.31. The predicted molar refractivity (Wildman–Crippen MR) is 53.1 cm³/mol. The normalized spacial score (nSPS) is 12.9. The van der Waals surface area contributed by atoms with E-state index in [1.165, 1.54) is 7.11 Å². The Labute approximate surface area is 82.1 Å². The standard InChI is InChI=1S/C9H15BrO2/c1-5-7(10)6-9(2,3)8(11)12-4/h5H,6H2,1-4H3. The van der Waals surface area contributed by atoms with Gasteiger partial charge >= 0.3 is 5.97 Å². The van der Waals surface area contributed by atoms with E-state index in [4.69, 9.17) is 0 Å². The van der Waals surface area contributed by atoms with Crippen molar-refractivity contribution in [2.24, 2.45) is 5.41 Å². The maximum Gasteiger partial charge on any atom is 0.311 e. The van der Waals surface area contributed by atoms with Gasteiger partial charge in [-0.15, -0.1) is 0 Å². The maximum absolute atomic E-state index is 11.2. The van der Waals surface area contributed by atoms with Crippen LogP contribution in [0.3, 0.4) is 0 Å². The Morgan fingerprint density at radius 1 is 1.58 bits per heavy atom. The molecule has 0 radical (unpaired) electrons. The van der Waals surface area contributed by atoms with Crippen LogP contribution in [0.4, 0.5) is 0 Å². The first-order valence-corrected chi connectivity index (χ1v) is 4.62. The summed E-state index contributed by atoms with van der Waals surface area (Å²) in [6, 6.07) is 0. The molecular formula is C9H15BrO2. The van der Waals surface area contributed by atoms with Gasteiger partial charge in [-0.3, -0.25) is 4.79 Å². The van der Waals surface area contributed by atoms with Crippen molar-refractivity contribution in [1.29, 1.82) is 0 Å². The Kier molecular flexibility index (Phi) is 4.53. The van der Waals surface area contributed by atoms with Gasteiger partial charge in [0, 0.05) is 0 Å². The number of carbonyl (C=O) groups is 1. The molecule has 0 fully saturated rings. The first-order chi connectivity index (χ1) is 5.44. The third-order valence-electron chi connectivity index (χ3n) is 1.66. The van der Waals surface area contributed by atoms with Gasteiger partial charge in [-0.05, 0) is 31.7 Å². The van der Waals surface area contributed by atoms with E-state index in [1.807, 2.05) is 26.8 Å². The highest BCUT2D eigenvalue weighted by Gasteiger charge is 2.28. The van der Waals surface area contributed by atoms with E-state index in [2.05, 4.69) is 20.7 Å². The Morgan fingerprint density at radius 3 is 2.42 bits per heavy atom. The summed E-state index contributed by atoms with van der Waals surface area (Å²) in [5.74, 6) is -0.179. The van der Waals surface area contributed by atoms with Gasteiger partial charge in [-0.25, -0.2) is 0 Å². The number of ether oxygens (including phenoxy) is 1. The minimum atomic E-state index is -0.444. The van der Waals surface area contributed by atoms with Crippen LogP contribution in [-0.2, 0) is 9.53 Å². The SMILES string of the molecule is CC=C(Br)CC(C)(C)C(=O)OC. The van der Waals surface area contributed by atoms with Crippen molar-refractivity contribution in [2.75, 3.05) is 7.11 Å². The van der Waals surface area contributed by atoms with Crippen LogP contribution in [-0.4, -0.2) is 13.1 Å². The van der Waals surface area contributed by atoms with Crippen molar-refractivity contribution in [2.45, 2.75) is 27.2 Å². The molecule has 12 heavy (non-hydrogen) atoms. The zero-order valence-electron chi connectivity index (χ0n) is 7.98. The second kappa shape index (κ2) is 4.65. The van der Waals surface area contributed by atoms with E-state index >= 15 is 0 Å². The quantitative estimate of drug-likeness (QED) is 0.703. The minimum absolute atomic E-state index is 0.179. The summed E-state index contributed by atoms with van der Waals surface area (Å²) in [5.41, 5.74) is -0.444. The fourth-order valence-corrected chi connectivity index (χ4v) is 1.57. The summed E-state index contributed by atoms with van der Waals surface area (Å²) in [7, 11) is 1.41. The van der Waals surface area contributed by atoms with Crippen LogP contribution in [0, 0.1) is 5.41 Å². The molecule has 0 aromatic carbocycles. The van der Waals surface area contributed by atoms with Crippen molar-refractivity contribution in [3.05, 3.63) is 10.6 Å². The van der Waals surface area contributed by atoms with Crippen LogP contribution in [0.15, 0.2) is 10.6 Å². The number of halogens is 1. The van der Waals surface area contributed by atoms with Crippen LogP contribution < -0.4 is 0 Å². The van der Waals surface area contributed by atoms with Gasteiger partial charge in [0.25, 0.3) is 0 Å². The number of esters is 1. The fraction of sp³-hybridized carbons (Fsp3) is 0.667. The molecule has 0 heterocycles. The van der Waals surface area contributed by atoms with Crippen LogP contribution in [0.5, 0.6) is 0 Å². The summed E-state index contributed by atoms with van der Waals surface area (Å²) < 4.78 is 5.70. The lowest BCUT2D eigenvalue weighted by Crippen LogP contribution is -2.25. The molecule has 0 rings (SSSR count). The molecule has 0 aromatic heterocycles. The van der Waals surface area contributed by atoms with Gasteiger partial charge in [0.05, 0.1) is 12.5 Å². The molecule has 0 unspecified atom stereocenters. The lowest BCUT2D eigenvalue weighted by Gasteiger charge is -2.20. The Bertz CT molecular complexity index is 195. The highest BCUT2D eigenvalue weighted by Crippen LogP contribution is 2.29. The summed E-state index contributed by atoms with van der Waals surface area (Å²) in [4.78, 5) is 11.2. The topological polar surface area (TPSA) is 26.3 Å². The summed E-state index contributed by atoms with van der Waals surface area (Å²) in [6.45, 7) is 5.66. The molecule has 0 aliphatic heterocycles. The maximum atomic E-state index is 11.2. The molecule has 0 aliphatic carbocycles. The molecule has 0 saturated carbocycles. The molecule has 0 spiro atoms. The van der Waals surface area contributed by atoms with E-state index in [0.29, 0.717) is 6.42 Å². The molecule has 0 saturated heterocycles. The van der Waals surface area contributed by atoms with Crippen molar-refractivity contribution in [3.8, 4) is 0 Å². The highest BCUT2D eigenvalue weighted by molar-refractivity contribution is 9.11. The summed E-state index contributed by atoms with van der Waals surface area (Å²) >= 11 is 3.36. The molecule has 0 aliphatic rings. The lowest BCUT2D eigenvalue weighted by molar-refractivity contribution is -0.150. The van der Waals surface area contributed by atoms with Crippen molar-refractivity contribution in [1.82, 2.24) is 0 Å². The van der Waals surface area contributed by atoms with E-state index < -0.39 is 5.41 Å². The zero-order valence-corrected chi connectivity index (χ0v) is 9.56. The zero-order chi connectivity index (χ0) is 9.78. The Hall–Kier alpha value is -0.310. The first-order valence-electron chi connectivity index (χ1n) is 3.83. The predicted octanol–water partition coefficient (Wildman–Crippen LogP) is 2.87. The largest absolute Gasteiger partial charge is 0.469 e. The van der Waals surface area contributed by atoms with Crippen LogP contribution >= 0.6 is 15.9 Å². The molecule has 0 bridgehead atoms. The minimum Gasteiger partial charge on any atom is -0.469 e. The molecule has 3 heteroatoms. The number of carbonyl (C=O) groups excluding carboxylic acids is 1. The molecular weight excluding hydrogens is 220 g/mol. The smallest absolute Gasteiger partial charge is 0.311 e.